The molecule has 3 aromatic carbocycles. The standard InChI is InChI=1S/C27H28N2O5/c1-20(26(31)33-18-22-13-7-3-8-14-22)28-25(30)24(17-21-11-5-2-6-12-21)29-27(32)34-19-23-15-9-4-10-16-23/h2-16,20,24H,17-19H2,1H3,(H,28,30)(H,29,32)/t20-,24?/m0/s1. The zero-order valence-electron chi connectivity index (χ0n) is 19.0. The highest BCUT2D eigenvalue weighted by Crippen LogP contribution is 2.07. The molecular weight excluding hydrogens is 432 g/mol. The van der Waals surface area contributed by atoms with Crippen LogP contribution in [0, 0.1) is 0 Å². The molecule has 0 fully saturated rings. The molecule has 0 aromatic heterocycles. The Kier molecular flexibility index (Phi) is 9.22. The summed E-state index contributed by atoms with van der Waals surface area (Å²) < 4.78 is 10.6. The van der Waals surface area contributed by atoms with Gasteiger partial charge in [0.05, 0.1) is 0 Å². The Bertz CT molecular complexity index is 1060. The summed E-state index contributed by atoms with van der Waals surface area (Å²) in [6.45, 7) is 1.73. The van der Waals surface area contributed by atoms with Crippen LogP contribution in [0.5, 0.6) is 0 Å². The Morgan fingerprint density at radius 2 is 1.15 bits per heavy atom. The van der Waals surface area contributed by atoms with Crippen LogP contribution in [0.15, 0.2) is 91.0 Å². The van der Waals surface area contributed by atoms with Gasteiger partial charge >= 0.3 is 12.1 Å². The minimum absolute atomic E-state index is 0.0779. The predicted octanol–water partition coefficient (Wildman–Crippen LogP) is 3.77. The van der Waals surface area contributed by atoms with Crippen molar-refractivity contribution in [2.24, 2.45) is 0 Å². The van der Waals surface area contributed by atoms with Gasteiger partial charge in [-0.1, -0.05) is 91.0 Å². The van der Waals surface area contributed by atoms with E-state index in [1.807, 2.05) is 91.0 Å². The second kappa shape index (κ2) is 12.8. The van der Waals surface area contributed by atoms with Crippen LogP contribution < -0.4 is 10.6 Å². The Morgan fingerprint density at radius 1 is 0.676 bits per heavy atom. The molecule has 0 saturated carbocycles. The lowest BCUT2D eigenvalue weighted by Gasteiger charge is -2.21. The summed E-state index contributed by atoms with van der Waals surface area (Å²) in [6, 6.07) is 26.0. The highest BCUT2D eigenvalue weighted by atomic mass is 16.5. The van der Waals surface area contributed by atoms with Crippen molar-refractivity contribution in [3.05, 3.63) is 108 Å². The number of rotatable bonds is 10. The molecule has 1 unspecified atom stereocenters. The summed E-state index contributed by atoms with van der Waals surface area (Å²) in [4.78, 5) is 37.7. The van der Waals surface area contributed by atoms with Gasteiger partial charge in [0.2, 0.25) is 5.91 Å². The summed E-state index contributed by atoms with van der Waals surface area (Å²) in [6.07, 6.45) is -0.488. The Balaban J connectivity index is 1.57. The Morgan fingerprint density at radius 3 is 1.68 bits per heavy atom. The number of carbonyl (C=O) groups excluding carboxylic acids is 3. The molecule has 0 aliphatic heterocycles. The molecule has 7 nitrogen and oxygen atoms in total. The first-order valence-electron chi connectivity index (χ1n) is 11.0. The third kappa shape index (κ3) is 8.09. The number of nitrogens with one attached hydrogen (secondary N) is 2. The fraction of sp³-hybridized carbons (Fsp3) is 0.222. The first kappa shape index (κ1) is 24.5. The molecule has 34 heavy (non-hydrogen) atoms. The predicted molar refractivity (Wildman–Crippen MR) is 128 cm³/mol. The van der Waals surface area contributed by atoms with Gasteiger partial charge in [0.1, 0.15) is 25.3 Å². The summed E-state index contributed by atoms with van der Waals surface area (Å²) in [5, 5.41) is 5.24. The zero-order valence-corrected chi connectivity index (χ0v) is 19.0. The average Bonchev–Trinajstić information content (AvgIpc) is 2.87. The van der Waals surface area contributed by atoms with Crippen molar-refractivity contribution >= 4 is 18.0 Å². The van der Waals surface area contributed by atoms with E-state index in [0.717, 1.165) is 16.7 Å². The lowest BCUT2D eigenvalue weighted by atomic mass is 10.1. The second-order valence-electron chi connectivity index (χ2n) is 7.77. The first-order valence-corrected chi connectivity index (χ1v) is 11.0. The van der Waals surface area contributed by atoms with Crippen molar-refractivity contribution in [2.75, 3.05) is 0 Å². The van der Waals surface area contributed by atoms with E-state index in [-0.39, 0.29) is 19.6 Å². The third-order valence-electron chi connectivity index (χ3n) is 5.04. The Labute approximate surface area is 199 Å². The van der Waals surface area contributed by atoms with E-state index in [1.54, 1.807) is 6.92 Å². The number of ether oxygens (including phenoxy) is 2. The molecule has 2 atom stereocenters. The van der Waals surface area contributed by atoms with E-state index in [1.165, 1.54) is 0 Å². The Hall–Kier alpha value is -4.13. The quantitative estimate of drug-likeness (QED) is 0.449. The monoisotopic (exact) mass is 460 g/mol. The molecule has 0 aliphatic rings. The molecule has 0 saturated heterocycles. The van der Waals surface area contributed by atoms with Gasteiger partial charge in [-0.2, -0.15) is 0 Å². The summed E-state index contributed by atoms with van der Waals surface area (Å²) in [7, 11) is 0. The SMILES string of the molecule is C[C@H](NC(=O)C(Cc1ccccc1)NC(=O)OCc1ccccc1)C(=O)OCc1ccccc1. The fourth-order valence-electron chi connectivity index (χ4n) is 3.19. The van der Waals surface area contributed by atoms with Crippen molar-refractivity contribution in [1.29, 1.82) is 0 Å². The van der Waals surface area contributed by atoms with E-state index in [4.69, 9.17) is 9.47 Å². The molecule has 3 rings (SSSR count). The normalized spacial score (nSPS) is 12.1. The van der Waals surface area contributed by atoms with Crippen LogP contribution in [0.3, 0.4) is 0 Å². The maximum atomic E-state index is 13.0. The minimum atomic E-state index is -0.935. The minimum Gasteiger partial charge on any atom is -0.459 e. The first-order chi connectivity index (χ1) is 16.5. The molecule has 0 aliphatic carbocycles. The number of hydrogen-bond acceptors (Lipinski definition) is 5. The van der Waals surface area contributed by atoms with Crippen molar-refractivity contribution in [1.82, 2.24) is 10.6 Å². The van der Waals surface area contributed by atoms with Gasteiger partial charge < -0.3 is 20.1 Å². The van der Waals surface area contributed by atoms with Crippen LogP contribution in [0.1, 0.15) is 23.6 Å². The molecule has 176 valence electrons. The fourth-order valence-corrected chi connectivity index (χ4v) is 3.19. The third-order valence-corrected chi connectivity index (χ3v) is 5.04. The van der Waals surface area contributed by atoms with E-state index >= 15 is 0 Å². The molecule has 0 heterocycles. The molecule has 7 heteroatoms. The number of carbonyl (C=O) groups is 3. The average molecular weight is 461 g/mol. The molecule has 0 bridgehead atoms. The second-order valence-corrected chi connectivity index (χ2v) is 7.77. The maximum Gasteiger partial charge on any atom is 0.408 e. The highest BCUT2D eigenvalue weighted by molar-refractivity contribution is 5.89. The van der Waals surface area contributed by atoms with E-state index in [2.05, 4.69) is 10.6 Å². The van der Waals surface area contributed by atoms with E-state index in [9.17, 15) is 14.4 Å². The number of amides is 2. The van der Waals surface area contributed by atoms with Crippen LogP contribution >= 0.6 is 0 Å². The molecule has 0 radical (unpaired) electrons. The van der Waals surface area contributed by atoms with Gasteiger partial charge in [0.25, 0.3) is 0 Å². The van der Waals surface area contributed by atoms with Crippen molar-refractivity contribution in [2.45, 2.75) is 38.6 Å². The van der Waals surface area contributed by atoms with Gasteiger partial charge in [-0.05, 0) is 23.6 Å². The smallest absolute Gasteiger partial charge is 0.408 e. The lowest BCUT2D eigenvalue weighted by Crippen LogP contribution is -2.52. The van der Waals surface area contributed by atoms with Gasteiger partial charge in [0.15, 0.2) is 0 Å². The van der Waals surface area contributed by atoms with E-state index < -0.39 is 30.1 Å². The summed E-state index contributed by atoms with van der Waals surface area (Å²) in [5.74, 6) is -1.08. The van der Waals surface area contributed by atoms with Crippen LogP contribution in [0.2, 0.25) is 0 Å². The van der Waals surface area contributed by atoms with Crippen LogP contribution in [0.4, 0.5) is 4.79 Å². The highest BCUT2D eigenvalue weighted by Gasteiger charge is 2.26. The number of benzene rings is 3. The van der Waals surface area contributed by atoms with Crippen molar-refractivity contribution < 1.29 is 23.9 Å². The van der Waals surface area contributed by atoms with Crippen LogP contribution in [-0.2, 0) is 38.7 Å². The zero-order chi connectivity index (χ0) is 24.2. The largest absolute Gasteiger partial charge is 0.459 e. The number of alkyl carbamates (subject to hydrolysis) is 1. The van der Waals surface area contributed by atoms with Crippen molar-refractivity contribution in [3.8, 4) is 0 Å². The van der Waals surface area contributed by atoms with Gasteiger partial charge in [-0.25, -0.2) is 9.59 Å². The van der Waals surface area contributed by atoms with Crippen LogP contribution in [-0.4, -0.2) is 30.1 Å². The topological polar surface area (TPSA) is 93.7 Å². The summed E-state index contributed by atoms with van der Waals surface area (Å²) >= 11 is 0. The van der Waals surface area contributed by atoms with Crippen molar-refractivity contribution in [3.63, 3.8) is 0 Å². The number of hydrogen-bond donors (Lipinski definition) is 2. The van der Waals surface area contributed by atoms with Gasteiger partial charge in [-0.15, -0.1) is 0 Å². The lowest BCUT2D eigenvalue weighted by molar-refractivity contribution is -0.148. The molecule has 2 amide bonds. The van der Waals surface area contributed by atoms with Gasteiger partial charge in [-0.3, -0.25) is 4.79 Å². The molecule has 0 spiro atoms. The van der Waals surface area contributed by atoms with E-state index in [0.29, 0.717) is 0 Å². The van der Waals surface area contributed by atoms with Crippen LogP contribution in [0.25, 0.3) is 0 Å². The maximum absolute atomic E-state index is 13.0. The molecule has 2 N–H and O–H groups in total. The summed E-state index contributed by atoms with van der Waals surface area (Å²) in [5.41, 5.74) is 2.53. The molecular formula is C27H28N2O5. The molecule has 3 aromatic rings. The van der Waals surface area contributed by atoms with Gasteiger partial charge in [0, 0.05) is 6.42 Å². The number of esters is 1.